The van der Waals surface area contributed by atoms with Gasteiger partial charge in [-0.05, 0) is 43.1 Å². The van der Waals surface area contributed by atoms with Crippen LogP contribution in [-0.4, -0.2) is 18.5 Å². The summed E-state index contributed by atoms with van der Waals surface area (Å²) in [6, 6.07) is 15.6. The molecule has 2 heteroatoms. The van der Waals surface area contributed by atoms with E-state index in [1.807, 2.05) is 0 Å². The highest BCUT2D eigenvalue weighted by atomic mass is 15.1. The van der Waals surface area contributed by atoms with Crippen molar-refractivity contribution in [2.75, 3.05) is 18.9 Å². The molecule has 0 amide bonds. The van der Waals surface area contributed by atoms with Crippen molar-refractivity contribution in [1.29, 1.82) is 0 Å². The zero-order valence-electron chi connectivity index (χ0n) is 12.3. The molecule has 0 fully saturated rings. The lowest BCUT2D eigenvalue weighted by Gasteiger charge is -2.17. The topological polar surface area (TPSA) is 15.3 Å². The second kappa shape index (κ2) is 5.68. The van der Waals surface area contributed by atoms with Crippen molar-refractivity contribution in [2.24, 2.45) is 0 Å². The molecule has 3 rings (SSSR count). The van der Waals surface area contributed by atoms with Gasteiger partial charge >= 0.3 is 0 Å². The van der Waals surface area contributed by atoms with Crippen molar-refractivity contribution in [3.05, 3.63) is 64.7 Å². The van der Waals surface area contributed by atoms with Gasteiger partial charge in [0, 0.05) is 25.3 Å². The number of anilines is 1. The summed E-state index contributed by atoms with van der Waals surface area (Å²) in [5, 5.41) is 3.41. The number of rotatable bonds is 4. The zero-order chi connectivity index (χ0) is 13.9. The average Bonchev–Trinajstić information content (AvgIpc) is 2.89. The van der Waals surface area contributed by atoms with E-state index in [0.29, 0.717) is 0 Å². The van der Waals surface area contributed by atoms with E-state index in [1.165, 1.54) is 27.9 Å². The summed E-state index contributed by atoms with van der Waals surface area (Å²) >= 11 is 0. The number of aryl methyl sites for hydroxylation is 1. The number of hydrogen-bond acceptors (Lipinski definition) is 2. The van der Waals surface area contributed by atoms with Gasteiger partial charge in [0.15, 0.2) is 0 Å². The molecule has 2 aromatic rings. The number of nitrogens with one attached hydrogen (secondary N) is 1. The minimum absolute atomic E-state index is 0.996. The standard InChI is InChI=1S/C18H22N2/c1-14-3-5-15(6-4-14)12-20(2)13-16-7-8-18-17(11-16)9-10-19-18/h3-8,11,19H,9-10,12-13H2,1-2H3. The quantitative estimate of drug-likeness (QED) is 0.909. The van der Waals surface area contributed by atoms with Crippen LogP contribution in [0.2, 0.25) is 0 Å². The van der Waals surface area contributed by atoms with Gasteiger partial charge in [-0.3, -0.25) is 4.90 Å². The van der Waals surface area contributed by atoms with Gasteiger partial charge in [0.2, 0.25) is 0 Å². The largest absolute Gasteiger partial charge is 0.384 e. The molecular weight excluding hydrogens is 244 g/mol. The van der Waals surface area contributed by atoms with Crippen LogP contribution in [0.15, 0.2) is 42.5 Å². The molecule has 1 aliphatic heterocycles. The van der Waals surface area contributed by atoms with Crippen molar-refractivity contribution < 1.29 is 0 Å². The van der Waals surface area contributed by atoms with Crippen molar-refractivity contribution in [3.63, 3.8) is 0 Å². The highest BCUT2D eigenvalue weighted by Gasteiger charge is 2.10. The van der Waals surface area contributed by atoms with Gasteiger partial charge in [0.25, 0.3) is 0 Å². The number of hydrogen-bond donors (Lipinski definition) is 1. The van der Waals surface area contributed by atoms with Crippen LogP contribution in [0.3, 0.4) is 0 Å². The Morgan fingerprint density at radius 1 is 1.00 bits per heavy atom. The molecule has 0 unspecified atom stereocenters. The smallest absolute Gasteiger partial charge is 0.0373 e. The van der Waals surface area contributed by atoms with Crippen LogP contribution in [0.4, 0.5) is 5.69 Å². The number of fused-ring (bicyclic) bond motifs is 1. The monoisotopic (exact) mass is 266 g/mol. The summed E-state index contributed by atoms with van der Waals surface area (Å²) in [5.74, 6) is 0. The van der Waals surface area contributed by atoms with Gasteiger partial charge in [0.1, 0.15) is 0 Å². The lowest BCUT2D eigenvalue weighted by atomic mass is 10.1. The minimum atomic E-state index is 0.996. The van der Waals surface area contributed by atoms with Gasteiger partial charge in [-0.25, -0.2) is 0 Å². The van der Waals surface area contributed by atoms with Crippen LogP contribution in [0.1, 0.15) is 22.3 Å². The van der Waals surface area contributed by atoms with E-state index in [1.54, 1.807) is 0 Å². The van der Waals surface area contributed by atoms with Crippen molar-refractivity contribution in [3.8, 4) is 0 Å². The molecule has 0 saturated heterocycles. The van der Waals surface area contributed by atoms with E-state index < -0.39 is 0 Å². The Kier molecular flexibility index (Phi) is 3.75. The molecule has 0 saturated carbocycles. The highest BCUT2D eigenvalue weighted by molar-refractivity contribution is 5.56. The van der Waals surface area contributed by atoms with Gasteiger partial charge in [-0.2, -0.15) is 0 Å². The average molecular weight is 266 g/mol. The predicted octanol–water partition coefficient (Wildman–Crippen LogP) is 3.60. The van der Waals surface area contributed by atoms with Crippen molar-refractivity contribution in [1.82, 2.24) is 4.90 Å². The lowest BCUT2D eigenvalue weighted by molar-refractivity contribution is 0.319. The van der Waals surface area contributed by atoms with Crippen LogP contribution in [-0.2, 0) is 19.5 Å². The summed E-state index contributed by atoms with van der Waals surface area (Å²) in [6.45, 7) is 5.21. The molecule has 0 aromatic heterocycles. The van der Waals surface area contributed by atoms with Gasteiger partial charge in [0.05, 0.1) is 0 Å². The first-order chi connectivity index (χ1) is 9.70. The molecule has 1 N–H and O–H groups in total. The fourth-order valence-electron chi connectivity index (χ4n) is 2.83. The molecule has 1 heterocycles. The second-order valence-electron chi connectivity index (χ2n) is 5.83. The molecular formula is C18H22N2. The lowest BCUT2D eigenvalue weighted by Crippen LogP contribution is -2.17. The fraction of sp³-hybridized carbons (Fsp3) is 0.333. The van der Waals surface area contributed by atoms with E-state index in [4.69, 9.17) is 0 Å². The Morgan fingerprint density at radius 3 is 2.50 bits per heavy atom. The van der Waals surface area contributed by atoms with Crippen LogP contribution in [0.25, 0.3) is 0 Å². The Labute approximate surface area is 121 Å². The molecule has 0 radical (unpaired) electrons. The summed E-state index contributed by atoms with van der Waals surface area (Å²) in [7, 11) is 2.19. The Balaban J connectivity index is 1.63. The summed E-state index contributed by atoms with van der Waals surface area (Å²) in [4.78, 5) is 2.37. The SMILES string of the molecule is Cc1ccc(CN(C)Cc2ccc3c(c2)CCN3)cc1. The highest BCUT2D eigenvalue weighted by Crippen LogP contribution is 2.23. The van der Waals surface area contributed by atoms with Crippen LogP contribution >= 0.6 is 0 Å². The number of benzene rings is 2. The predicted molar refractivity (Wildman–Crippen MR) is 85.0 cm³/mol. The van der Waals surface area contributed by atoms with E-state index in [9.17, 15) is 0 Å². The summed E-state index contributed by atoms with van der Waals surface area (Å²) in [5.41, 5.74) is 6.88. The maximum absolute atomic E-state index is 3.41. The van der Waals surface area contributed by atoms with E-state index in [-0.39, 0.29) is 0 Å². The molecule has 0 atom stereocenters. The molecule has 2 aromatic carbocycles. The van der Waals surface area contributed by atoms with Gasteiger partial charge in [-0.1, -0.05) is 42.0 Å². The Morgan fingerprint density at radius 2 is 1.70 bits per heavy atom. The molecule has 1 aliphatic rings. The van der Waals surface area contributed by atoms with Gasteiger partial charge < -0.3 is 5.32 Å². The van der Waals surface area contributed by atoms with E-state index in [2.05, 4.69) is 66.7 Å². The van der Waals surface area contributed by atoms with E-state index in [0.717, 1.165) is 26.1 Å². The molecule has 0 bridgehead atoms. The maximum Gasteiger partial charge on any atom is 0.0373 e. The molecule has 104 valence electrons. The van der Waals surface area contributed by atoms with Crippen LogP contribution < -0.4 is 5.32 Å². The first kappa shape index (κ1) is 13.2. The third-order valence-corrected chi connectivity index (χ3v) is 3.91. The summed E-state index contributed by atoms with van der Waals surface area (Å²) < 4.78 is 0. The maximum atomic E-state index is 3.41. The summed E-state index contributed by atoms with van der Waals surface area (Å²) in [6.07, 6.45) is 1.16. The molecule has 2 nitrogen and oxygen atoms in total. The first-order valence-corrected chi connectivity index (χ1v) is 7.30. The normalized spacial score (nSPS) is 13.3. The van der Waals surface area contributed by atoms with Gasteiger partial charge in [-0.15, -0.1) is 0 Å². The molecule has 20 heavy (non-hydrogen) atoms. The molecule has 0 spiro atoms. The first-order valence-electron chi connectivity index (χ1n) is 7.30. The third-order valence-electron chi connectivity index (χ3n) is 3.91. The van der Waals surface area contributed by atoms with Crippen LogP contribution in [0, 0.1) is 6.92 Å². The second-order valence-corrected chi connectivity index (χ2v) is 5.83. The Bertz CT molecular complexity index is 587. The van der Waals surface area contributed by atoms with E-state index >= 15 is 0 Å². The Hall–Kier alpha value is -1.80. The fourth-order valence-corrected chi connectivity index (χ4v) is 2.83. The van der Waals surface area contributed by atoms with Crippen LogP contribution in [0.5, 0.6) is 0 Å². The number of nitrogens with zero attached hydrogens (tertiary/aromatic N) is 1. The third kappa shape index (κ3) is 3.02. The zero-order valence-corrected chi connectivity index (χ0v) is 12.3. The van der Waals surface area contributed by atoms with Crippen molar-refractivity contribution in [2.45, 2.75) is 26.4 Å². The van der Waals surface area contributed by atoms with Crippen molar-refractivity contribution >= 4 is 5.69 Å². The minimum Gasteiger partial charge on any atom is -0.384 e. The molecule has 0 aliphatic carbocycles.